The minimum absolute atomic E-state index is 0.178. The Morgan fingerprint density at radius 2 is 1.62 bits per heavy atom. The van der Waals surface area contributed by atoms with E-state index in [9.17, 15) is 0 Å². The van der Waals surface area contributed by atoms with E-state index in [4.69, 9.17) is 4.98 Å². The maximum Gasteiger partial charge on any atom is 0.216 e. The molecule has 4 rings (SSSR count). The Morgan fingerprint density at radius 3 is 2.43 bits per heavy atom. The van der Waals surface area contributed by atoms with Crippen molar-refractivity contribution >= 4 is 28.4 Å². The second kappa shape index (κ2) is 4.20. The number of hydrogen-bond donors (Lipinski definition) is 0. The van der Waals surface area contributed by atoms with Crippen LogP contribution in [0, 0.1) is 0 Å². The van der Waals surface area contributed by atoms with E-state index in [0.717, 1.165) is 5.69 Å². The first kappa shape index (κ1) is 12.6. The first-order valence-corrected chi connectivity index (χ1v) is 7.54. The minimum atomic E-state index is 0.178. The molecule has 0 N–H and O–H groups in total. The van der Waals surface area contributed by atoms with Gasteiger partial charge in [0.2, 0.25) is 6.71 Å². The van der Waals surface area contributed by atoms with Gasteiger partial charge >= 0.3 is 0 Å². The van der Waals surface area contributed by atoms with Crippen LogP contribution in [0.15, 0.2) is 54.7 Å². The van der Waals surface area contributed by atoms with Gasteiger partial charge in [-0.1, -0.05) is 79.5 Å². The van der Waals surface area contributed by atoms with Crippen molar-refractivity contribution in [3.05, 3.63) is 54.7 Å². The summed E-state index contributed by atoms with van der Waals surface area (Å²) in [4.78, 5) is 4.70. The van der Waals surface area contributed by atoms with E-state index in [0.29, 0.717) is 6.71 Å². The molecule has 3 aromatic rings. The molecule has 1 aliphatic rings. The van der Waals surface area contributed by atoms with Gasteiger partial charge in [-0.05, 0) is 17.0 Å². The highest BCUT2D eigenvalue weighted by Gasteiger charge is 2.38. The van der Waals surface area contributed by atoms with Crippen LogP contribution in [0.5, 0.6) is 0 Å². The van der Waals surface area contributed by atoms with Gasteiger partial charge in [0.15, 0.2) is 0 Å². The van der Waals surface area contributed by atoms with Crippen molar-refractivity contribution < 1.29 is 0 Å². The monoisotopic (exact) mass is 271 g/mol. The minimum Gasteiger partial charge on any atom is -0.256 e. The third kappa shape index (κ3) is 1.75. The number of aromatic nitrogens is 1. The summed E-state index contributed by atoms with van der Waals surface area (Å²) in [7, 11) is 0. The molecule has 1 nitrogen and oxygen atoms in total. The predicted molar refractivity (Wildman–Crippen MR) is 91.9 cm³/mol. The Labute approximate surface area is 126 Å². The van der Waals surface area contributed by atoms with E-state index < -0.39 is 0 Å². The van der Waals surface area contributed by atoms with E-state index in [2.05, 4.69) is 69.3 Å². The molecule has 21 heavy (non-hydrogen) atoms. The molecule has 0 unspecified atom stereocenters. The first-order chi connectivity index (χ1) is 10.1. The zero-order valence-electron chi connectivity index (χ0n) is 12.7. The lowest BCUT2D eigenvalue weighted by atomic mass is 9.26. The smallest absolute Gasteiger partial charge is 0.216 e. The van der Waals surface area contributed by atoms with Crippen LogP contribution in [0.4, 0.5) is 0 Å². The van der Waals surface area contributed by atoms with Gasteiger partial charge in [0.25, 0.3) is 0 Å². The molecular weight excluding hydrogens is 253 g/mol. The van der Waals surface area contributed by atoms with E-state index in [1.165, 1.54) is 27.3 Å². The summed E-state index contributed by atoms with van der Waals surface area (Å²) in [6.45, 7) is 7.40. The molecule has 102 valence electrons. The van der Waals surface area contributed by atoms with Crippen molar-refractivity contribution in [3.63, 3.8) is 0 Å². The number of fused-ring (bicyclic) bond motifs is 2. The van der Waals surface area contributed by atoms with Gasteiger partial charge in [-0.25, -0.2) is 0 Å². The lowest BCUT2D eigenvalue weighted by molar-refractivity contribution is 0.750. The van der Waals surface area contributed by atoms with Crippen LogP contribution in [0.2, 0.25) is 5.31 Å². The average Bonchev–Trinajstić information content (AvgIpc) is 2.46. The van der Waals surface area contributed by atoms with Crippen molar-refractivity contribution in [1.29, 1.82) is 0 Å². The van der Waals surface area contributed by atoms with Gasteiger partial charge in [0.1, 0.15) is 0 Å². The van der Waals surface area contributed by atoms with Gasteiger partial charge in [-0.15, -0.1) is 0 Å². The molecule has 2 heteroatoms. The summed E-state index contributed by atoms with van der Waals surface area (Å²) in [6.07, 6.45) is 1.93. The van der Waals surface area contributed by atoms with E-state index in [-0.39, 0.29) is 5.31 Å². The summed E-state index contributed by atoms with van der Waals surface area (Å²) >= 11 is 0. The maximum absolute atomic E-state index is 4.70. The SMILES string of the molecule is CC(C)(C)B1c2ccccc2-c2nccc3cccc1c23. The van der Waals surface area contributed by atoms with Gasteiger partial charge in [0, 0.05) is 11.6 Å². The highest BCUT2D eigenvalue weighted by molar-refractivity contribution is 6.91. The number of rotatable bonds is 0. The molecule has 2 aromatic carbocycles. The molecule has 0 spiro atoms. The van der Waals surface area contributed by atoms with Crippen molar-refractivity contribution in [1.82, 2.24) is 4.98 Å². The molecule has 0 saturated heterocycles. The molecule has 0 fully saturated rings. The lowest BCUT2D eigenvalue weighted by Crippen LogP contribution is -2.52. The van der Waals surface area contributed by atoms with Gasteiger partial charge in [-0.2, -0.15) is 0 Å². The van der Waals surface area contributed by atoms with Crippen molar-refractivity contribution in [3.8, 4) is 11.3 Å². The van der Waals surface area contributed by atoms with Crippen molar-refractivity contribution in [2.75, 3.05) is 0 Å². The third-order valence-corrected chi connectivity index (χ3v) is 4.53. The molecule has 0 aliphatic carbocycles. The zero-order valence-corrected chi connectivity index (χ0v) is 12.7. The molecule has 1 aromatic heterocycles. The Morgan fingerprint density at radius 1 is 0.857 bits per heavy atom. The largest absolute Gasteiger partial charge is 0.256 e. The van der Waals surface area contributed by atoms with Crippen LogP contribution in [-0.4, -0.2) is 11.7 Å². The van der Waals surface area contributed by atoms with Crippen LogP contribution in [-0.2, 0) is 0 Å². The van der Waals surface area contributed by atoms with Crippen LogP contribution < -0.4 is 10.9 Å². The molecule has 0 atom stereocenters. The molecule has 2 heterocycles. The second-order valence-corrected chi connectivity index (χ2v) is 6.99. The second-order valence-electron chi connectivity index (χ2n) is 6.99. The molecule has 0 bridgehead atoms. The van der Waals surface area contributed by atoms with Gasteiger partial charge < -0.3 is 0 Å². The van der Waals surface area contributed by atoms with E-state index >= 15 is 0 Å². The normalized spacial score (nSPS) is 13.4. The highest BCUT2D eigenvalue weighted by Crippen LogP contribution is 2.35. The highest BCUT2D eigenvalue weighted by atomic mass is 14.7. The Kier molecular flexibility index (Phi) is 2.53. The number of benzene rings is 2. The number of nitrogens with zero attached hydrogens (tertiary/aromatic N) is 1. The third-order valence-electron chi connectivity index (χ3n) is 4.53. The fourth-order valence-corrected chi connectivity index (χ4v) is 3.77. The fourth-order valence-electron chi connectivity index (χ4n) is 3.77. The Balaban J connectivity index is 2.20. The summed E-state index contributed by atoms with van der Waals surface area (Å²) in [6, 6.07) is 17.5. The number of pyridine rings is 1. The summed E-state index contributed by atoms with van der Waals surface area (Å²) < 4.78 is 0. The Bertz CT molecular complexity index is 840. The van der Waals surface area contributed by atoms with E-state index in [1.54, 1.807) is 0 Å². The molecule has 0 radical (unpaired) electrons. The Hall–Kier alpha value is -2.09. The average molecular weight is 271 g/mol. The zero-order chi connectivity index (χ0) is 14.6. The molecular formula is C19H18BN. The molecule has 1 aliphatic heterocycles. The predicted octanol–water partition coefficient (Wildman–Crippen LogP) is 3.62. The molecule has 0 amide bonds. The van der Waals surface area contributed by atoms with Gasteiger partial charge in [0.05, 0.1) is 5.69 Å². The summed E-state index contributed by atoms with van der Waals surface area (Å²) in [5.41, 5.74) is 5.26. The summed E-state index contributed by atoms with van der Waals surface area (Å²) in [5.74, 6) is 0. The van der Waals surface area contributed by atoms with Crippen LogP contribution in [0.1, 0.15) is 20.8 Å². The topological polar surface area (TPSA) is 12.9 Å². The first-order valence-electron chi connectivity index (χ1n) is 7.54. The van der Waals surface area contributed by atoms with Gasteiger partial charge in [-0.3, -0.25) is 4.98 Å². The summed E-state index contributed by atoms with van der Waals surface area (Å²) in [5, 5.41) is 2.80. The van der Waals surface area contributed by atoms with Crippen molar-refractivity contribution in [2.24, 2.45) is 0 Å². The number of hydrogen-bond acceptors (Lipinski definition) is 1. The van der Waals surface area contributed by atoms with Crippen LogP contribution >= 0.6 is 0 Å². The maximum atomic E-state index is 4.70. The van der Waals surface area contributed by atoms with E-state index in [1.807, 2.05) is 6.20 Å². The fraction of sp³-hybridized carbons (Fsp3) is 0.211. The van der Waals surface area contributed by atoms with Crippen molar-refractivity contribution in [2.45, 2.75) is 26.1 Å². The lowest BCUT2D eigenvalue weighted by Gasteiger charge is -2.34. The molecule has 0 saturated carbocycles. The van der Waals surface area contributed by atoms with Crippen LogP contribution in [0.25, 0.3) is 22.0 Å². The quantitative estimate of drug-likeness (QED) is 0.569. The standard InChI is InChI=1S/C19H18BN/c1-19(2,3)20-15-9-5-4-8-14(15)18-17-13(11-12-21-18)7-6-10-16(17)20/h4-12H,1-3H3. The van der Waals surface area contributed by atoms with Crippen LogP contribution in [0.3, 0.4) is 0 Å².